The number of carbonyl (C=O) groups excluding carboxylic acids is 1. The summed E-state index contributed by atoms with van der Waals surface area (Å²) in [6, 6.07) is 10.3. The van der Waals surface area contributed by atoms with Crippen LogP contribution in [0.15, 0.2) is 35.2 Å². The van der Waals surface area contributed by atoms with Crippen molar-refractivity contribution in [2.45, 2.75) is 43.5 Å². The Morgan fingerprint density at radius 1 is 1.37 bits per heavy atom. The van der Waals surface area contributed by atoms with Crippen LogP contribution in [0.2, 0.25) is 0 Å². The van der Waals surface area contributed by atoms with Crippen molar-refractivity contribution in [3.8, 4) is 0 Å². The van der Waals surface area contributed by atoms with Gasteiger partial charge in [0.25, 0.3) is 0 Å². The number of amides is 1. The number of thioether (sulfide) groups is 1. The number of nitrogens with one attached hydrogen (secondary N) is 1. The molecule has 3 nitrogen and oxygen atoms in total. The van der Waals surface area contributed by atoms with Crippen molar-refractivity contribution in [1.82, 2.24) is 5.32 Å². The minimum atomic E-state index is -0.576. The number of benzene rings is 1. The summed E-state index contributed by atoms with van der Waals surface area (Å²) in [6.07, 6.45) is 2.75. The van der Waals surface area contributed by atoms with E-state index in [-0.39, 0.29) is 5.91 Å². The fourth-order valence-electron chi connectivity index (χ4n) is 1.83. The summed E-state index contributed by atoms with van der Waals surface area (Å²) in [4.78, 5) is 12.8. The van der Waals surface area contributed by atoms with E-state index in [9.17, 15) is 4.79 Å². The molecule has 106 valence electrons. The molecule has 4 heteroatoms. The van der Waals surface area contributed by atoms with Crippen LogP contribution in [0.1, 0.15) is 33.1 Å². The number of carbonyl (C=O) groups is 1. The van der Waals surface area contributed by atoms with Crippen LogP contribution in [0.25, 0.3) is 0 Å². The van der Waals surface area contributed by atoms with E-state index in [1.807, 2.05) is 36.9 Å². The lowest BCUT2D eigenvalue weighted by atomic mass is 9.95. The smallest absolute Gasteiger partial charge is 0.237 e. The third-order valence-electron chi connectivity index (χ3n) is 3.14. The van der Waals surface area contributed by atoms with Gasteiger partial charge in [0.2, 0.25) is 5.91 Å². The molecule has 1 rings (SSSR count). The molecule has 0 fully saturated rings. The normalized spacial score (nSPS) is 14.0. The van der Waals surface area contributed by atoms with Gasteiger partial charge in [-0.2, -0.15) is 0 Å². The standard InChI is InChI=1S/C15H24N2OS/c1-3-11-17-15(2,14(16)18)10-7-12-19-13-8-5-4-6-9-13/h4-6,8-9,17H,3,7,10-12H2,1-2H3,(H2,16,18). The molecule has 1 aromatic carbocycles. The second kappa shape index (κ2) is 8.23. The maximum Gasteiger partial charge on any atom is 0.237 e. The van der Waals surface area contributed by atoms with Crippen LogP contribution in [0, 0.1) is 0 Å². The lowest BCUT2D eigenvalue weighted by Crippen LogP contribution is -2.53. The molecule has 0 aromatic heterocycles. The van der Waals surface area contributed by atoms with Crippen LogP contribution in [0.4, 0.5) is 0 Å². The van der Waals surface area contributed by atoms with Crippen LogP contribution in [-0.2, 0) is 4.79 Å². The van der Waals surface area contributed by atoms with E-state index >= 15 is 0 Å². The zero-order valence-electron chi connectivity index (χ0n) is 11.8. The van der Waals surface area contributed by atoms with E-state index in [0.29, 0.717) is 0 Å². The Kier molecular flexibility index (Phi) is 6.95. The zero-order chi connectivity index (χ0) is 14.1. The third kappa shape index (κ3) is 5.66. The van der Waals surface area contributed by atoms with Crippen molar-refractivity contribution in [2.75, 3.05) is 12.3 Å². The van der Waals surface area contributed by atoms with E-state index in [1.54, 1.807) is 0 Å². The van der Waals surface area contributed by atoms with Crippen molar-refractivity contribution in [3.63, 3.8) is 0 Å². The first-order valence-electron chi connectivity index (χ1n) is 6.81. The van der Waals surface area contributed by atoms with Gasteiger partial charge in [0, 0.05) is 4.90 Å². The highest BCUT2D eigenvalue weighted by Crippen LogP contribution is 2.21. The first-order valence-corrected chi connectivity index (χ1v) is 7.80. The Morgan fingerprint density at radius 3 is 2.63 bits per heavy atom. The van der Waals surface area contributed by atoms with Gasteiger partial charge in [0.1, 0.15) is 0 Å². The molecule has 0 radical (unpaired) electrons. The molecule has 0 bridgehead atoms. The largest absolute Gasteiger partial charge is 0.368 e. The Morgan fingerprint density at radius 2 is 2.05 bits per heavy atom. The summed E-state index contributed by atoms with van der Waals surface area (Å²) >= 11 is 1.82. The topological polar surface area (TPSA) is 55.1 Å². The molecule has 0 spiro atoms. The highest BCUT2D eigenvalue weighted by Gasteiger charge is 2.29. The van der Waals surface area contributed by atoms with Crippen LogP contribution in [-0.4, -0.2) is 23.7 Å². The SMILES string of the molecule is CCCNC(C)(CCCSc1ccccc1)C(N)=O. The number of hydrogen-bond acceptors (Lipinski definition) is 3. The second-order valence-corrected chi connectivity index (χ2v) is 6.06. The Bertz CT molecular complexity index is 383. The third-order valence-corrected chi connectivity index (χ3v) is 4.24. The minimum Gasteiger partial charge on any atom is -0.368 e. The zero-order valence-corrected chi connectivity index (χ0v) is 12.6. The number of rotatable bonds is 9. The summed E-state index contributed by atoms with van der Waals surface area (Å²) in [7, 11) is 0. The van der Waals surface area contributed by atoms with E-state index in [1.165, 1.54) is 4.90 Å². The van der Waals surface area contributed by atoms with Gasteiger partial charge in [-0.1, -0.05) is 25.1 Å². The lowest BCUT2D eigenvalue weighted by molar-refractivity contribution is -0.124. The Balaban J connectivity index is 2.34. The van der Waals surface area contributed by atoms with Gasteiger partial charge in [0.15, 0.2) is 0 Å². The maximum absolute atomic E-state index is 11.5. The monoisotopic (exact) mass is 280 g/mol. The van der Waals surface area contributed by atoms with Gasteiger partial charge >= 0.3 is 0 Å². The molecule has 1 unspecified atom stereocenters. The molecule has 0 aliphatic heterocycles. The van der Waals surface area contributed by atoms with Crippen molar-refractivity contribution < 1.29 is 4.79 Å². The molecule has 1 amide bonds. The van der Waals surface area contributed by atoms with E-state index < -0.39 is 5.54 Å². The molecule has 3 N–H and O–H groups in total. The van der Waals surface area contributed by atoms with Crippen LogP contribution in [0.5, 0.6) is 0 Å². The number of nitrogens with two attached hydrogens (primary N) is 1. The first-order chi connectivity index (χ1) is 9.08. The summed E-state index contributed by atoms with van der Waals surface area (Å²) in [5.74, 6) is 0.742. The molecular formula is C15H24N2OS. The molecule has 19 heavy (non-hydrogen) atoms. The van der Waals surface area contributed by atoms with Gasteiger partial charge < -0.3 is 11.1 Å². The fourth-order valence-corrected chi connectivity index (χ4v) is 2.71. The van der Waals surface area contributed by atoms with Gasteiger partial charge in [-0.3, -0.25) is 4.79 Å². The van der Waals surface area contributed by atoms with Crippen LogP contribution >= 0.6 is 11.8 Å². The molecule has 0 aliphatic carbocycles. The predicted octanol–water partition coefficient (Wildman–Crippen LogP) is 2.80. The average molecular weight is 280 g/mol. The highest BCUT2D eigenvalue weighted by atomic mass is 32.2. The minimum absolute atomic E-state index is 0.259. The van der Waals surface area contributed by atoms with Crippen molar-refractivity contribution >= 4 is 17.7 Å². The predicted molar refractivity (Wildman–Crippen MR) is 82.3 cm³/mol. The lowest BCUT2D eigenvalue weighted by Gasteiger charge is -2.27. The summed E-state index contributed by atoms with van der Waals surface area (Å²) in [6.45, 7) is 4.81. The molecule has 0 heterocycles. The average Bonchev–Trinajstić information content (AvgIpc) is 2.42. The van der Waals surface area contributed by atoms with Gasteiger partial charge in [0.05, 0.1) is 5.54 Å². The van der Waals surface area contributed by atoms with E-state index in [4.69, 9.17) is 5.73 Å². The molecule has 0 saturated heterocycles. The van der Waals surface area contributed by atoms with Gasteiger partial charge in [-0.05, 0) is 50.6 Å². The Labute approximate surface area is 120 Å². The second-order valence-electron chi connectivity index (χ2n) is 4.89. The van der Waals surface area contributed by atoms with Crippen molar-refractivity contribution in [1.29, 1.82) is 0 Å². The maximum atomic E-state index is 11.5. The number of hydrogen-bond donors (Lipinski definition) is 2. The molecule has 0 aliphatic rings. The van der Waals surface area contributed by atoms with E-state index in [2.05, 4.69) is 24.4 Å². The van der Waals surface area contributed by atoms with Crippen LogP contribution < -0.4 is 11.1 Å². The summed E-state index contributed by atoms with van der Waals surface area (Å²) in [5, 5.41) is 3.26. The van der Waals surface area contributed by atoms with Gasteiger partial charge in [-0.25, -0.2) is 0 Å². The van der Waals surface area contributed by atoms with Gasteiger partial charge in [-0.15, -0.1) is 11.8 Å². The molecule has 0 saturated carbocycles. The van der Waals surface area contributed by atoms with Crippen molar-refractivity contribution in [2.24, 2.45) is 5.73 Å². The van der Waals surface area contributed by atoms with Crippen molar-refractivity contribution in [3.05, 3.63) is 30.3 Å². The summed E-state index contributed by atoms with van der Waals surface area (Å²) in [5.41, 5.74) is 4.92. The van der Waals surface area contributed by atoms with Crippen LogP contribution in [0.3, 0.4) is 0 Å². The molecule has 1 aromatic rings. The molecular weight excluding hydrogens is 256 g/mol. The fraction of sp³-hybridized carbons (Fsp3) is 0.533. The quantitative estimate of drug-likeness (QED) is 0.540. The Hall–Kier alpha value is -1.00. The first kappa shape index (κ1) is 16.1. The summed E-state index contributed by atoms with van der Waals surface area (Å²) < 4.78 is 0. The van der Waals surface area contributed by atoms with E-state index in [0.717, 1.165) is 31.6 Å². The molecule has 1 atom stereocenters. The highest BCUT2D eigenvalue weighted by molar-refractivity contribution is 7.99. The number of primary amides is 1.